The zero-order valence-corrected chi connectivity index (χ0v) is 14.4. The number of carbonyl (C=O) groups excluding carboxylic acids is 1. The second-order valence-corrected chi connectivity index (χ2v) is 5.77. The van der Waals surface area contributed by atoms with E-state index >= 15 is 0 Å². The van der Waals surface area contributed by atoms with Crippen LogP contribution in [0.5, 0.6) is 0 Å². The average Bonchev–Trinajstić information content (AvgIpc) is 3.12. The molecule has 7 nitrogen and oxygen atoms in total. The number of tetrazole rings is 1. The predicted molar refractivity (Wildman–Crippen MR) is 97.0 cm³/mol. The van der Waals surface area contributed by atoms with E-state index < -0.39 is 0 Å². The Morgan fingerprint density at radius 1 is 1.12 bits per heavy atom. The number of nitrogens with zero attached hydrogens (tertiary/aromatic N) is 5. The van der Waals surface area contributed by atoms with E-state index in [4.69, 9.17) is 5.26 Å². The maximum Gasteiger partial charge on any atom is 0.248 e. The summed E-state index contributed by atoms with van der Waals surface area (Å²) in [5, 5.41) is 23.6. The Hall–Kier alpha value is -3.53. The molecule has 1 N–H and O–H groups in total. The van der Waals surface area contributed by atoms with Crippen molar-refractivity contribution in [3.63, 3.8) is 0 Å². The Morgan fingerprint density at radius 2 is 1.81 bits per heavy atom. The van der Waals surface area contributed by atoms with Gasteiger partial charge in [-0.2, -0.15) is 10.1 Å². The third-order valence-corrected chi connectivity index (χ3v) is 3.88. The molecule has 1 amide bonds. The van der Waals surface area contributed by atoms with Gasteiger partial charge in [0, 0.05) is 11.3 Å². The molecule has 3 aromatic rings. The van der Waals surface area contributed by atoms with E-state index in [0.717, 1.165) is 17.5 Å². The Bertz CT molecular complexity index is 922. The maximum absolute atomic E-state index is 12.1. The van der Waals surface area contributed by atoms with Gasteiger partial charge in [-0.15, -0.1) is 10.2 Å². The summed E-state index contributed by atoms with van der Waals surface area (Å²) in [6.45, 7) is 2.07. The van der Waals surface area contributed by atoms with Crippen molar-refractivity contribution >= 4 is 11.6 Å². The summed E-state index contributed by atoms with van der Waals surface area (Å²) < 4.78 is 0. The number of hydrogen-bond acceptors (Lipinski definition) is 5. The average molecular weight is 346 g/mol. The van der Waals surface area contributed by atoms with Crippen LogP contribution in [-0.2, 0) is 24.2 Å². The summed E-state index contributed by atoms with van der Waals surface area (Å²) in [4.78, 5) is 13.4. The second-order valence-electron chi connectivity index (χ2n) is 5.77. The summed E-state index contributed by atoms with van der Waals surface area (Å²) >= 11 is 0. The highest BCUT2D eigenvalue weighted by Crippen LogP contribution is 2.15. The molecule has 0 radical (unpaired) electrons. The number of rotatable bonds is 6. The fourth-order valence-electron chi connectivity index (χ4n) is 2.44. The molecule has 0 bridgehead atoms. The fourth-order valence-corrected chi connectivity index (χ4v) is 2.44. The standard InChI is InChI=1S/C19H18N6O/c1-2-14-3-7-16(8-4-14)19-22-24-25(23-19)13-18(26)21-17-9-5-15(6-10-17)11-12-20/h3-10H,2,11,13H2,1H3,(H,21,26). The largest absolute Gasteiger partial charge is 0.324 e. The maximum atomic E-state index is 12.1. The van der Waals surface area contributed by atoms with Crippen molar-refractivity contribution in [2.24, 2.45) is 0 Å². The molecule has 0 spiro atoms. The van der Waals surface area contributed by atoms with Gasteiger partial charge in [0.15, 0.2) is 0 Å². The van der Waals surface area contributed by atoms with Crippen molar-refractivity contribution in [3.05, 3.63) is 59.7 Å². The number of benzene rings is 2. The monoisotopic (exact) mass is 346 g/mol. The quantitative estimate of drug-likeness (QED) is 0.740. The van der Waals surface area contributed by atoms with E-state index in [1.165, 1.54) is 10.4 Å². The highest BCUT2D eigenvalue weighted by atomic mass is 16.2. The van der Waals surface area contributed by atoms with Gasteiger partial charge < -0.3 is 5.32 Å². The molecule has 0 aliphatic heterocycles. The van der Waals surface area contributed by atoms with Crippen LogP contribution >= 0.6 is 0 Å². The normalized spacial score (nSPS) is 10.3. The molecule has 0 fully saturated rings. The third-order valence-electron chi connectivity index (χ3n) is 3.88. The number of hydrogen-bond donors (Lipinski definition) is 1. The van der Waals surface area contributed by atoms with Crippen molar-refractivity contribution in [1.82, 2.24) is 20.2 Å². The van der Waals surface area contributed by atoms with Crippen LogP contribution in [0.2, 0.25) is 0 Å². The van der Waals surface area contributed by atoms with Crippen molar-refractivity contribution in [1.29, 1.82) is 5.26 Å². The molecule has 0 saturated heterocycles. The summed E-state index contributed by atoms with van der Waals surface area (Å²) in [5.41, 5.74) is 3.66. The first-order chi connectivity index (χ1) is 12.7. The van der Waals surface area contributed by atoms with Gasteiger partial charge in [-0.3, -0.25) is 4.79 Å². The molecular formula is C19H18N6O. The minimum absolute atomic E-state index is 0.0278. The molecule has 7 heteroatoms. The fraction of sp³-hybridized carbons (Fsp3) is 0.211. The molecule has 0 saturated carbocycles. The zero-order chi connectivity index (χ0) is 18.4. The van der Waals surface area contributed by atoms with E-state index in [1.807, 2.05) is 36.4 Å². The summed E-state index contributed by atoms with van der Waals surface area (Å²) in [6, 6.07) is 17.2. The van der Waals surface area contributed by atoms with E-state index in [0.29, 0.717) is 17.9 Å². The lowest BCUT2D eigenvalue weighted by molar-refractivity contribution is -0.117. The highest BCUT2D eigenvalue weighted by Gasteiger charge is 2.09. The Morgan fingerprint density at radius 3 is 2.46 bits per heavy atom. The first-order valence-corrected chi connectivity index (χ1v) is 8.31. The molecule has 1 aromatic heterocycles. The van der Waals surface area contributed by atoms with E-state index in [9.17, 15) is 4.79 Å². The van der Waals surface area contributed by atoms with Gasteiger partial charge in [-0.05, 0) is 34.9 Å². The first kappa shape index (κ1) is 17.3. The first-order valence-electron chi connectivity index (χ1n) is 8.31. The van der Waals surface area contributed by atoms with Crippen LogP contribution in [0.3, 0.4) is 0 Å². The lowest BCUT2D eigenvalue weighted by Gasteiger charge is -2.05. The molecule has 2 aromatic carbocycles. The number of aromatic nitrogens is 4. The Kier molecular flexibility index (Phi) is 5.34. The van der Waals surface area contributed by atoms with Crippen molar-refractivity contribution in [3.8, 4) is 17.5 Å². The lowest BCUT2D eigenvalue weighted by Crippen LogP contribution is -2.20. The Labute approximate surface area is 151 Å². The molecule has 3 rings (SSSR count). The molecule has 0 aliphatic carbocycles. The van der Waals surface area contributed by atoms with Gasteiger partial charge in [0.2, 0.25) is 11.7 Å². The topological polar surface area (TPSA) is 96.5 Å². The molecular weight excluding hydrogens is 328 g/mol. The van der Waals surface area contributed by atoms with E-state index in [2.05, 4.69) is 33.7 Å². The number of nitrogens with one attached hydrogen (secondary N) is 1. The number of nitriles is 1. The third kappa shape index (κ3) is 4.30. The summed E-state index contributed by atoms with van der Waals surface area (Å²) in [6.07, 6.45) is 1.32. The van der Waals surface area contributed by atoms with Gasteiger partial charge in [-0.25, -0.2) is 0 Å². The van der Waals surface area contributed by atoms with Gasteiger partial charge in [0.05, 0.1) is 12.5 Å². The number of amides is 1. The smallest absolute Gasteiger partial charge is 0.248 e. The van der Waals surface area contributed by atoms with Crippen LogP contribution in [0.25, 0.3) is 11.4 Å². The van der Waals surface area contributed by atoms with Gasteiger partial charge >= 0.3 is 0 Å². The van der Waals surface area contributed by atoms with Crippen molar-refractivity contribution in [2.75, 3.05) is 5.32 Å². The minimum atomic E-state index is -0.247. The van der Waals surface area contributed by atoms with Crippen LogP contribution in [0, 0.1) is 11.3 Å². The lowest BCUT2D eigenvalue weighted by atomic mass is 10.1. The Balaban J connectivity index is 1.61. The molecule has 0 atom stereocenters. The summed E-state index contributed by atoms with van der Waals surface area (Å²) in [5.74, 6) is 0.240. The molecule has 26 heavy (non-hydrogen) atoms. The van der Waals surface area contributed by atoms with Crippen LogP contribution in [-0.4, -0.2) is 26.1 Å². The van der Waals surface area contributed by atoms with Crippen LogP contribution < -0.4 is 5.32 Å². The van der Waals surface area contributed by atoms with Crippen molar-refractivity contribution < 1.29 is 4.79 Å². The molecule has 130 valence electrons. The van der Waals surface area contributed by atoms with Crippen LogP contribution in [0.1, 0.15) is 18.1 Å². The molecule has 0 aliphatic rings. The minimum Gasteiger partial charge on any atom is -0.324 e. The van der Waals surface area contributed by atoms with Gasteiger partial charge in [0.25, 0.3) is 0 Å². The zero-order valence-electron chi connectivity index (χ0n) is 14.4. The summed E-state index contributed by atoms with van der Waals surface area (Å²) in [7, 11) is 0. The van der Waals surface area contributed by atoms with E-state index in [-0.39, 0.29) is 12.5 Å². The van der Waals surface area contributed by atoms with Gasteiger partial charge in [0.1, 0.15) is 6.54 Å². The van der Waals surface area contributed by atoms with Crippen LogP contribution in [0.15, 0.2) is 48.5 Å². The van der Waals surface area contributed by atoms with Crippen LogP contribution in [0.4, 0.5) is 5.69 Å². The number of aryl methyl sites for hydroxylation is 1. The number of anilines is 1. The van der Waals surface area contributed by atoms with Gasteiger partial charge in [-0.1, -0.05) is 43.3 Å². The predicted octanol–water partition coefficient (Wildman–Crippen LogP) is 2.61. The molecule has 1 heterocycles. The molecule has 0 unspecified atom stereocenters. The second kappa shape index (κ2) is 8.03. The van der Waals surface area contributed by atoms with E-state index in [1.54, 1.807) is 12.1 Å². The number of carbonyl (C=O) groups is 1. The highest BCUT2D eigenvalue weighted by molar-refractivity contribution is 5.90. The van der Waals surface area contributed by atoms with Crippen molar-refractivity contribution in [2.45, 2.75) is 26.3 Å². The SMILES string of the molecule is CCc1ccc(-c2nnn(CC(=O)Nc3ccc(CC#N)cc3)n2)cc1.